The highest BCUT2D eigenvalue weighted by atomic mass is 19.1. The molecule has 0 unspecified atom stereocenters. The quantitative estimate of drug-likeness (QED) is 0.849. The predicted molar refractivity (Wildman–Crippen MR) is 89.3 cm³/mol. The van der Waals surface area contributed by atoms with Gasteiger partial charge in [-0.05, 0) is 24.6 Å². The van der Waals surface area contributed by atoms with Crippen LogP contribution in [0.5, 0.6) is 0 Å². The number of halogens is 1. The van der Waals surface area contributed by atoms with Gasteiger partial charge >= 0.3 is 0 Å². The molecule has 25 heavy (non-hydrogen) atoms. The average molecular weight is 347 g/mol. The molecular weight excluding hydrogens is 325 g/mol. The van der Waals surface area contributed by atoms with Crippen LogP contribution < -0.4 is 5.32 Å². The number of carbonyl (C=O) groups is 1. The fourth-order valence-corrected chi connectivity index (χ4v) is 2.91. The molecule has 0 saturated carbocycles. The number of benzene rings is 1. The standard InChI is InChI=1S/C17H22FN5O2/c1-13(23-12-19-11-21-23)17(24)20-10-16(22-6-8-25-9-7-22)14-2-4-15(18)5-3-14/h2-5,11-13,16H,6-10H2,1H3,(H,20,24)/t13-,16-/m1/s1. The zero-order valence-electron chi connectivity index (χ0n) is 14.1. The molecule has 0 aliphatic carbocycles. The van der Waals surface area contributed by atoms with E-state index < -0.39 is 6.04 Å². The van der Waals surface area contributed by atoms with Gasteiger partial charge in [0.25, 0.3) is 0 Å². The summed E-state index contributed by atoms with van der Waals surface area (Å²) in [5.41, 5.74) is 0.969. The first kappa shape index (κ1) is 17.5. The number of amides is 1. The number of nitrogens with zero attached hydrogens (tertiary/aromatic N) is 4. The minimum absolute atomic E-state index is 0.0311. The maximum Gasteiger partial charge on any atom is 0.244 e. The number of aromatic nitrogens is 3. The predicted octanol–water partition coefficient (Wildman–Crippen LogP) is 1.17. The monoisotopic (exact) mass is 347 g/mol. The van der Waals surface area contributed by atoms with E-state index in [1.165, 1.54) is 29.5 Å². The van der Waals surface area contributed by atoms with E-state index in [1.54, 1.807) is 19.1 Å². The number of nitrogens with one attached hydrogen (secondary N) is 1. The third kappa shape index (κ3) is 4.40. The van der Waals surface area contributed by atoms with Gasteiger partial charge < -0.3 is 10.1 Å². The van der Waals surface area contributed by atoms with Crippen LogP contribution in [0.2, 0.25) is 0 Å². The molecule has 1 aromatic carbocycles. The molecule has 0 spiro atoms. The Labute approximate surface area is 145 Å². The van der Waals surface area contributed by atoms with Gasteiger partial charge in [-0.25, -0.2) is 14.1 Å². The van der Waals surface area contributed by atoms with E-state index in [1.807, 2.05) is 0 Å². The third-order valence-electron chi connectivity index (χ3n) is 4.42. The molecule has 1 N–H and O–H groups in total. The van der Waals surface area contributed by atoms with Crippen molar-refractivity contribution < 1.29 is 13.9 Å². The highest BCUT2D eigenvalue weighted by molar-refractivity contribution is 5.79. The largest absolute Gasteiger partial charge is 0.379 e. The van der Waals surface area contributed by atoms with E-state index in [9.17, 15) is 9.18 Å². The van der Waals surface area contributed by atoms with Crippen molar-refractivity contribution >= 4 is 5.91 Å². The van der Waals surface area contributed by atoms with Gasteiger partial charge in [-0.1, -0.05) is 12.1 Å². The number of rotatable bonds is 6. The molecule has 134 valence electrons. The van der Waals surface area contributed by atoms with Crippen LogP contribution in [0, 0.1) is 5.82 Å². The Morgan fingerprint density at radius 3 is 2.68 bits per heavy atom. The van der Waals surface area contributed by atoms with Crippen molar-refractivity contribution in [3.63, 3.8) is 0 Å². The highest BCUT2D eigenvalue weighted by Gasteiger charge is 2.24. The molecule has 2 aromatic rings. The molecule has 8 heteroatoms. The van der Waals surface area contributed by atoms with Crippen molar-refractivity contribution in [2.45, 2.75) is 19.0 Å². The van der Waals surface area contributed by atoms with Crippen LogP contribution in [0.3, 0.4) is 0 Å². The van der Waals surface area contributed by atoms with Crippen molar-refractivity contribution in [2.75, 3.05) is 32.8 Å². The second kappa shape index (κ2) is 8.17. The fourth-order valence-electron chi connectivity index (χ4n) is 2.91. The summed E-state index contributed by atoms with van der Waals surface area (Å²) in [6.07, 6.45) is 2.92. The van der Waals surface area contributed by atoms with Crippen LogP contribution in [0.25, 0.3) is 0 Å². The minimum Gasteiger partial charge on any atom is -0.379 e. The minimum atomic E-state index is -0.443. The van der Waals surface area contributed by atoms with Gasteiger partial charge in [0.1, 0.15) is 24.5 Å². The SMILES string of the molecule is C[C@H](C(=O)NC[C@H](c1ccc(F)cc1)N1CCOCC1)n1cncn1. The maximum absolute atomic E-state index is 13.3. The topological polar surface area (TPSA) is 72.3 Å². The molecule has 2 atom stereocenters. The lowest BCUT2D eigenvalue weighted by molar-refractivity contribution is -0.124. The number of ether oxygens (including phenoxy) is 1. The first-order valence-corrected chi connectivity index (χ1v) is 8.34. The Morgan fingerprint density at radius 1 is 1.32 bits per heavy atom. The molecule has 0 bridgehead atoms. The number of morpholine rings is 1. The van der Waals surface area contributed by atoms with Crippen molar-refractivity contribution in [1.82, 2.24) is 25.0 Å². The number of hydrogen-bond acceptors (Lipinski definition) is 5. The summed E-state index contributed by atoms with van der Waals surface area (Å²) in [6, 6.07) is 5.95. The smallest absolute Gasteiger partial charge is 0.244 e. The zero-order chi connectivity index (χ0) is 17.6. The van der Waals surface area contributed by atoms with Crippen LogP contribution in [0.1, 0.15) is 24.6 Å². The summed E-state index contributed by atoms with van der Waals surface area (Å²) in [6.45, 7) is 5.06. The molecule has 0 radical (unpaired) electrons. The number of carbonyl (C=O) groups excluding carboxylic acids is 1. The van der Waals surface area contributed by atoms with E-state index in [2.05, 4.69) is 20.3 Å². The molecule has 1 amide bonds. The summed E-state index contributed by atoms with van der Waals surface area (Å²) in [4.78, 5) is 18.5. The lowest BCUT2D eigenvalue weighted by atomic mass is 10.0. The van der Waals surface area contributed by atoms with Gasteiger partial charge in [-0.2, -0.15) is 5.10 Å². The Bertz CT molecular complexity index is 671. The third-order valence-corrected chi connectivity index (χ3v) is 4.42. The number of hydrogen-bond donors (Lipinski definition) is 1. The van der Waals surface area contributed by atoms with Crippen LogP contribution in [0.4, 0.5) is 4.39 Å². The molecule has 3 rings (SSSR count). The van der Waals surface area contributed by atoms with Crippen molar-refractivity contribution in [3.05, 3.63) is 48.3 Å². The normalized spacial score (nSPS) is 17.8. The Hall–Kier alpha value is -2.32. The summed E-state index contributed by atoms with van der Waals surface area (Å²) in [5, 5.41) is 6.98. The van der Waals surface area contributed by atoms with E-state index in [4.69, 9.17) is 4.74 Å². The molecule has 1 aromatic heterocycles. The van der Waals surface area contributed by atoms with Crippen molar-refractivity contribution in [2.24, 2.45) is 0 Å². The van der Waals surface area contributed by atoms with Crippen molar-refractivity contribution in [1.29, 1.82) is 0 Å². The van der Waals surface area contributed by atoms with Gasteiger partial charge in [0, 0.05) is 19.6 Å². The summed E-state index contributed by atoms with van der Waals surface area (Å²) in [5.74, 6) is -0.404. The summed E-state index contributed by atoms with van der Waals surface area (Å²) in [7, 11) is 0. The summed E-state index contributed by atoms with van der Waals surface area (Å²) >= 11 is 0. The van der Waals surface area contributed by atoms with E-state index in [-0.39, 0.29) is 17.8 Å². The van der Waals surface area contributed by atoms with Crippen LogP contribution in [0.15, 0.2) is 36.9 Å². The van der Waals surface area contributed by atoms with E-state index in [0.717, 1.165) is 18.7 Å². The molecule has 2 heterocycles. The Kier molecular flexibility index (Phi) is 5.72. The second-order valence-electron chi connectivity index (χ2n) is 6.01. The van der Waals surface area contributed by atoms with Crippen LogP contribution in [-0.2, 0) is 9.53 Å². The molecular formula is C17H22FN5O2. The van der Waals surface area contributed by atoms with Crippen molar-refractivity contribution in [3.8, 4) is 0 Å². The van der Waals surface area contributed by atoms with Gasteiger partial charge in [-0.15, -0.1) is 0 Å². The second-order valence-corrected chi connectivity index (χ2v) is 6.01. The average Bonchev–Trinajstić information content (AvgIpc) is 3.18. The lowest BCUT2D eigenvalue weighted by Gasteiger charge is -2.35. The highest BCUT2D eigenvalue weighted by Crippen LogP contribution is 2.22. The zero-order valence-corrected chi connectivity index (χ0v) is 14.1. The van der Waals surface area contributed by atoms with Gasteiger partial charge in [0.2, 0.25) is 5.91 Å². The van der Waals surface area contributed by atoms with E-state index in [0.29, 0.717) is 19.8 Å². The molecule has 1 aliphatic rings. The van der Waals surface area contributed by atoms with Crippen LogP contribution >= 0.6 is 0 Å². The van der Waals surface area contributed by atoms with Gasteiger partial charge in [0.05, 0.1) is 19.3 Å². The molecule has 1 saturated heterocycles. The maximum atomic E-state index is 13.3. The fraction of sp³-hybridized carbons (Fsp3) is 0.471. The van der Waals surface area contributed by atoms with Crippen LogP contribution in [-0.4, -0.2) is 58.4 Å². The Balaban J connectivity index is 1.68. The summed E-state index contributed by atoms with van der Waals surface area (Å²) < 4.78 is 20.2. The first-order valence-electron chi connectivity index (χ1n) is 8.34. The van der Waals surface area contributed by atoms with Gasteiger partial charge in [0.15, 0.2) is 0 Å². The first-order chi connectivity index (χ1) is 12.1. The molecule has 1 fully saturated rings. The van der Waals surface area contributed by atoms with E-state index >= 15 is 0 Å². The molecule has 1 aliphatic heterocycles. The lowest BCUT2D eigenvalue weighted by Crippen LogP contribution is -2.44. The van der Waals surface area contributed by atoms with Gasteiger partial charge in [-0.3, -0.25) is 9.69 Å². The Morgan fingerprint density at radius 2 is 2.04 bits per heavy atom. The molecule has 7 nitrogen and oxygen atoms in total.